The average Bonchev–Trinajstić information content (AvgIpc) is 3.09. The fraction of sp³-hybridized carbons (Fsp3) is 0.886. The molecule has 0 aliphatic rings. The van der Waals surface area contributed by atoms with Crippen LogP contribution in [-0.2, 0) is 28.6 Å². The minimum Gasteiger partial charge on any atom is -0.544 e. The molecule has 52 heavy (non-hydrogen) atoms. The smallest absolute Gasteiger partial charge is 0.306 e. The molecule has 0 saturated carbocycles. The molecule has 0 bridgehead atoms. The first kappa shape index (κ1) is 50.1. The summed E-state index contributed by atoms with van der Waals surface area (Å²) in [5.41, 5.74) is 0. The number of quaternary nitrogens is 1. The van der Waals surface area contributed by atoms with E-state index in [0.29, 0.717) is 12.8 Å². The number of ether oxygens (including phenoxy) is 3. The van der Waals surface area contributed by atoms with Crippen LogP contribution in [0.25, 0.3) is 0 Å². The van der Waals surface area contributed by atoms with Crippen molar-refractivity contribution in [2.45, 2.75) is 212 Å². The van der Waals surface area contributed by atoms with Crippen LogP contribution in [0.3, 0.4) is 0 Å². The Morgan fingerprint density at radius 1 is 0.558 bits per heavy atom. The summed E-state index contributed by atoms with van der Waals surface area (Å²) in [5.74, 6) is -1.73. The van der Waals surface area contributed by atoms with Gasteiger partial charge in [-0.2, -0.15) is 0 Å². The summed E-state index contributed by atoms with van der Waals surface area (Å²) in [4.78, 5) is 36.8. The number of rotatable bonds is 39. The zero-order chi connectivity index (χ0) is 38.5. The fourth-order valence-corrected chi connectivity index (χ4v) is 6.48. The Balaban J connectivity index is 4.33. The first-order valence-electron chi connectivity index (χ1n) is 21.7. The third kappa shape index (κ3) is 33.9. The van der Waals surface area contributed by atoms with E-state index in [2.05, 4.69) is 26.0 Å². The molecular formula is C44H83NO7. The van der Waals surface area contributed by atoms with Gasteiger partial charge in [-0.3, -0.25) is 9.59 Å². The van der Waals surface area contributed by atoms with Crippen molar-refractivity contribution in [3.05, 3.63) is 12.2 Å². The molecule has 8 nitrogen and oxygen atoms in total. The largest absolute Gasteiger partial charge is 0.544 e. The maximum Gasteiger partial charge on any atom is 0.306 e. The van der Waals surface area contributed by atoms with Gasteiger partial charge in [-0.05, 0) is 38.5 Å². The summed E-state index contributed by atoms with van der Waals surface area (Å²) in [5, 5.41) is 11.6. The van der Waals surface area contributed by atoms with Gasteiger partial charge >= 0.3 is 11.9 Å². The van der Waals surface area contributed by atoms with Crippen LogP contribution >= 0.6 is 0 Å². The van der Waals surface area contributed by atoms with Crippen molar-refractivity contribution in [1.82, 2.24) is 0 Å². The molecule has 0 aromatic rings. The Morgan fingerprint density at radius 3 is 1.38 bits per heavy atom. The average molecular weight is 738 g/mol. The van der Waals surface area contributed by atoms with E-state index < -0.39 is 18.1 Å². The first-order chi connectivity index (χ1) is 25.1. The Bertz CT molecular complexity index is 869. The molecule has 0 aliphatic carbocycles. The summed E-state index contributed by atoms with van der Waals surface area (Å²) >= 11 is 0. The van der Waals surface area contributed by atoms with Gasteiger partial charge in [0, 0.05) is 19.3 Å². The summed E-state index contributed by atoms with van der Waals surface area (Å²) in [6.07, 6.45) is 36.5. The van der Waals surface area contributed by atoms with Gasteiger partial charge in [-0.25, -0.2) is 0 Å². The molecule has 0 spiro atoms. The molecule has 2 unspecified atom stereocenters. The van der Waals surface area contributed by atoms with Gasteiger partial charge < -0.3 is 28.6 Å². The van der Waals surface area contributed by atoms with E-state index in [9.17, 15) is 19.5 Å². The number of carbonyl (C=O) groups excluding carboxylic acids is 3. The van der Waals surface area contributed by atoms with Crippen LogP contribution in [-0.4, -0.2) is 75.5 Å². The predicted octanol–water partition coefficient (Wildman–Crippen LogP) is 10.2. The van der Waals surface area contributed by atoms with Crippen LogP contribution in [0.15, 0.2) is 12.2 Å². The van der Waals surface area contributed by atoms with Crippen molar-refractivity contribution in [2.75, 3.05) is 41.0 Å². The third-order valence-electron chi connectivity index (χ3n) is 9.90. The second-order valence-corrected chi connectivity index (χ2v) is 15.9. The van der Waals surface area contributed by atoms with Gasteiger partial charge in [0.15, 0.2) is 6.10 Å². The number of hydrogen-bond donors (Lipinski definition) is 0. The van der Waals surface area contributed by atoms with E-state index in [1.54, 1.807) is 21.1 Å². The SMILES string of the molecule is CCCCCCCCC/C=C/CCCCCCCC(=O)OCC(COCCC(C(=O)[O-])[N+](C)(C)C)OC(=O)CCCCCCCCCCCCCC. The van der Waals surface area contributed by atoms with Crippen LogP contribution in [0.4, 0.5) is 0 Å². The number of carbonyl (C=O) groups is 3. The standard InChI is InChI=1S/C44H83NO7/c1-6-8-10-12-14-16-18-20-21-22-23-25-26-28-30-32-34-42(46)51-39-40(38-50-37-36-41(44(48)49)45(3,4)5)52-43(47)35-33-31-29-27-24-19-17-15-13-11-9-7-2/h21-22,40-41H,6-20,23-39H2,1-5H3/b22-21+. The molecule has 0 aromatic heterocycles. The molecule has 0 fully saturated rings. The van der Waals surface area contributed by atoms with Crippen molar-refractivity contribution >= 4 is 17.9 Å². The molecule has 0 aromatic carbocycles. The van der Waals surface area contributed by atoms with Gasteiger partial charge in [-0.1, -0.05) is 154 Å². The van der Waals surface area contributed by atoms with Crippen LogP contribution in [0, 0.1) is 0 Å². The molecule has 2 atom stereocenters. The molecule has 8 heteroatoms. The van der Waals surface area contributed by atoms with Crippen LogP contribution < -0.4 is 5.11 Å². The van der Waals surface area contributed by atoms with E-state index in [0.717, 1.165) is 51.4 Å². The molecule has 0 heterocycles. The number of carboxylic acids is 1. The number of aliphatic carboxylic acids is 1. The topological polar surface area (TPSA) is 102 Å². The zero-order valence-corrected chi connectivity index (χ0v) is 34.7. The van der Waals surface area contributed by atoms with Crippen molar-refractivity contribution < 1.29 is 38.2 Å². The summed E-state index contributed by atoms with van der Waals surface area (Å²) in [6, 6.07) is -0.721. The van der Waals surface area contributed by atoms with Crippen LogP contribution in [0.1, 0.15) is 200 Å². The van der Waals surface area contributed by atoms with E-state index >= 15 is 0 Å². The Kier molecular flexibility index (Phi) is 34.7. The Labute approximate surface area is 320 Å². The molecule has 0 radical (unpaired) electrons. The number of unbranched alkanes of at least 4 members (excludes halogenated alkanes) is 23. The molecule has 0 saturated heterocycles. The maximum absolute atomic E-state index is 12.7. The highest BCUT2D eigenvalue weighted by atomic mass is 16.6. The number of likely N-dealkylation sites (N-methyl/N-ethyl adjacent to an activating group) is 1. The Morgan fingerprint density at radius 2 is 0.962 bits per heavy atom. The minimum atomic E-state index is -1.12. The van der Waals surface area contributed by atoms with Crippen molar-refractivity contribution in [2.24, 2.45) is 0 Å². The first-order valence-corrected chi connectivity index (χ1v) is 21.7. The van der Waals surface area contributed by atoms with Crippen LogP contribution in [0.5, 0.6) is 0 Å². The van der Waals surface area contributed by atoms with E-state index in [-0.39, 0.29) is 42.7 Å². The lowest BCUT2D eigenvalue weighted by Gasteiger charge is -2.34. The molecule has 306 valence electrons. The Hall–Kier alpha value is -1.93. The molecule has 0 aliphatic heterocycles. The van der Waals surface area contributed by atoms with Gasteiger partial charge in [0.25, 0.3) is 0 Å². The number of allylic oxidation sites excluding steroid dienone is 2. The number of hydrogen-bond acceptors (Lipinski definition) is 7. The molecule has 0 rings (SSSR count). The van der Waals surface area contributed by atoms with E-state index in [1.807, 2.05) is 0 Å². The molecule has 0 N–H and O–H groups in total. The van der Waals surface area contributed by atoms with Gasteiger partial charge in [-0.15, -0.1) is 0 Å². The highest BCUT2D eigenvalue weighted by Crippen LogP contribution is 2.15. The minimum absolute atomic E-state index is 0.0435. The third-order valence-corrected chi connectivity index (χ3v) is 9.90. The lowest BCUT2D eigenvalue weighted by molar-refractivity contribution is -0.889. The second-order valence-electron chi connectivity index (χ2n) is 15.9. The molecule has 0 amide bonds. The van der Waals surface area contributed by atoms with Crippen molar-refractivity contribution in [1.29, 1.82) is 0 Å². The zero-order valence-electron chi connectivity index (χ0n) is 34.7. The number of carboxylic acid groups (broad SMARTS) is 1. The quantitative estimate of drug-likeness (QED) is 0.0268. The highest BCUT2D eigenvalue weighted by Gasteiger charge is 2.25. The van der Waals surface area contributed by atoms with Gasteiger partial charge in [0.2, 0.25) is 0 Å². The lowest BCUT2D eigenvalue weighted by Crippen LogP contribution is -2.55. The van der Waals surface area contributed by atoms with Gasteiger partial charge in [0.05, 0.1) is 40.3 Å². The second kappa shape index (κ2) is 36.1. The summed E-state index contributed by atoms with van der Waals surface area (Å²) in [7, 11) is 5.41. The van der Waals surface area contributed by atoms with Crippen molar-refractivity contribution in [3.63, 3.8) is 0 Å². The summed E-state index contributed by atoms with van der Waals surface area (Å²) < 4.78 is 17.1. The predicted molar refractivity (Wildman–Crippen MR) is 213 cm³/mol. The van der Waals surface area contributed by atoms with Crippen molar-refractivity contribution in [3.8, 4) is 0 Å². The number of nitrogens with zero attached hydrogens (tertiary/aromatic N) is 1. The number of esters is 2. The highest BCUT2D eigenvalue weighted by molar-refractivity contribution is 5.70. The van der Waals surface area contributed by atoms with Gasteiger partial charge in [0.1, 0.15) is 12.6 Å². The van der Waals surface area contributed by atoms with E-state index in [4.69, 9.17) is 14.2 Å². The molecular weight excluding hydrogens is 654 g/mol. The monoisotopic (exact) mass is 738 g/mol. The maximum atomic E-state index is 12.7. The summed E-state index contributed by atoms with van der Waals surface area (Å²) in [6.45, 7) is 4.66. The fourth-order valence-electron chi connectivity index (χ4n) is 6.48. The normalized spacial score (nSPS) is 13.0. The van der Waals surface area contributed by atoms with Crippen LogP contribution in [0.2, 0.25) is 0 Å². The van der Waals surface area contributed by atoms with E-state index in [1.165, 1.54) is 116 Å². The lowest BCUT2D eigenvalue weighted by atomic mass is 10.0.